The number of nitrogens with one attached hydrogen (secondary N) is 1. The van der Waals surface area contributed by atoms with Gasteiger partial charge in [0.25, 0.3) is 5.56 Å². The molecular weight excluding hydrogens is 481 g/mol. The molecule has 1 aliphatic rings. The molecule has 2 aromatic carbocycles. The zero-order valence-corrected chi connectivity index (χ0v) is 19.8. The van der Waals surface area contributed by atoms with Crippen molar-refractivity contribution in [3.8, 4) is 0 Å². The molecule has 0 bridgehead atoms. The normalized spacial score (nSPS) is 16.6. The number of benzene rings is 2. The molecular formula is C25H26ClF3N4O2. The van der Waals surface area contributed by atoms with E-state index in [1.165, 1.54) is 4.68 Å². The summed E-state index contributed by atoms with van der Waals surface area (Å²) in [6.45, 7) is 0.0645. The van der Waals surface area contributed by atoms with Gasteiger partial charge in [0.2, 0.25) is 5.91 Å². The van der Waals surface area contributed by atoms with Gasteiger partial charge in [0.15, 0.2) is 0 Å². The highest BCUT2D eigenvalue weighted by molar-refractivity contribution is 6.30. The van der Waals surface area contributed by atoms with Gasteiger partial charge in [0, 0.05) is 35.8 Å². The van der Waals surface area contributed by atoms with E-state index in [9.17, 15) is 22.8 Å². The predicted octanol–water partition coefficient (Wildman–Crippen LogP) is 4.17. The Morgan fingerprint density at radius 3 is 2.54 bits per heavy atom. The molecule has 0 spiro atoms. The van der Waals surface area contributed by atoms with Crippen LogP contribution in [0, 0.1) is 0 Å². The quantitative estimate of drug-likeness (QED) is 0.498. The highest BCUT2D eigenvalue weighted by atomic mass is 35.5. The van der Waals surface area contributed by atoms with Crippen LogP contribution in [0.15, 0.2) is 53.3 Å². The summed E-state index contributed by atoms with van der Waals surface area (Å²) in [5.74, 6) is -0.640. The van der Waals surface area contributed by atoms with Gasteiger partial charge in [0.05, 0.1) is 17.6 Å². The smallest absolute Gasteiger partial charge is 0.347 e. The van der Waals surface area contributed by atoms with E-state index in [0.29, 0.717) is 29.9 Å². The Balaban J connectivity index is 1.51. The Hall–Kier alpha value is -2.91. The number of nitrogens with zero attached hydrogens (tertiary/aromatic N) is 3. The maximum atomic E-state index is 13.2. The van der Waals surface area contributed by atoms with Gasteiger partial charge in [-0.3, -0.25) is 14.5 Å². The molecule has 10 heteroatoms. The SMILES string of the molecule is O=C(CCN1CCC[C@@H]1Cn1nc(Cc2ccc(Cl)cc2)c2ccccc2c1=O)NCC(F)(F)F. The fraction of sp³-hybridized carbons (Fsp3) is 0.400. The molecule has 0 aliphatic carbocycles. The van der Waals surface area contributed by atoms with Crippen LogP contribution in [-0.2, 0) is 17.8 Å². The average Bonchev–Trinajstić information content (AvgIpc) is 3.27. The first-order valence-electron chi connectivity index (χ1n) is 11.5. The molecule has 35 heavy (non-hydrogen) atoms. The Kier molecular flexibility index (Phi) is 7.76. The lowest BCUT2D eigenvalue weighted by Crippen LogP contribution is -2.40. The van der Waals surface area contributed by atoms with Crippen molar-refractivity contribution in [2.75, 3.05) is 19.6 Å². The fourth-order valence-electron chi connectivity index (χ4n) is 4.48. The van der Waals surface area contributed by atoms with Gasteiger partial charge in [-0.2, -0.15) is 18.3 Å². The number of hydrogen-bond acceptors (Lipinski definition) is 4. The standard InChI is InChI=1S/C25H26ClF3N4O2/c26-18-9-7-17(8-10-18)14-22-20-5-1-2-6-21(20)24(35)33(31-22)15-19-4-3-12-32(19)13-11-23(34)30-16-25(27,28)29/h1-2,5-10,19H,3-4,11-16H2,(H,30,34)/t19-/m1/s1. The van der Waals surface area contributed by atoms with Gasteiger partial charge in [-0.25, -0.2) is 4.68 Å². The number of carbonyl (C=O) groups is 1. The molecule has 0 radical (unpaired) electrons. The Bertz CT molecular complexity index is 1240. The summed E-state index contributed by atoms with van der Waals surface area (Å²) in [4.78, 5) is 27.1. The minimum atomic E-state index is -4.43. The lowest BCUT2D eigenvalue weighted by atomic mass is 10.0. The van der Waals surface area contributed by atoms with Crippen molar-refractivity contribution in [1.29, 1.82) is 0 Å². The van der Waals surface area contributed by atoms with Crippen LogP contribution in [-0.4, -0.2) is 52.4 Å². The average molecular weight is 507 g/mol. The van der Waals surface area contributed by atoms with Gasteiger partial charge in [-0.1, -0.05) is 41.9 Å². The van der Waals surface area contributed by atoms with E-state index in [1.807, 2.05) is 47.8 Å². The van der Waals surface area contributed by atoms with Crippen molar-refractivity contribution in [2.45, 2.75) is 44.4 Å². The zero-order valence-electron chi connectivity index (χ0n) is 19.0. The number of hydrogen-bond donors (Lipinski definition) is 1. The number of carbonyl (C=O) groups excluding carboxylic acids is 1. The molecule has 186 valence electrons. The first kappa shape index (κ1) is 25.2. The third-order valence-electron chi connectivity index (χ3n) is 6.22. The van der Waals surface area contributed by atoms with Crippen LogP contribution in [0.5, 0.6) is 0 Å². The minimum absolute atomic E-state index is 0.0276. The minimum Gasteiger partial charge on any atom is -0.347 e. The molecule has 0 unspecified atom stereocenters. The lowest BCUT2D eigenvalue weighted by Gasteiger charge is -2.25. The van der Waals surface area contributed by atoms with Crippen LogP contribution in [0.4, 0.5) is 13.2 Å². The topological polar surface area (TPSA) is 67.2 Å². The molecule has 1 atom stereocenters. The second kappa shape index (κ2) is 10.8. The van der Waals surface area contributed by atoms with Crippen molar-refractivity contribution in [2.24, 2.45) is 0 Å². The maximum Gasteiger partial charge on any atom is 0.405 e. The van der Waals surface area contributed by atoms with Crippen LogP contribution < -0.4 is 10.9 Å². The summed E-state index contributed by atoms with van der Waals surface area (Å²) in [5, 5.41) is 8.64. The van der Waals surface area contributed by atoms with Crippen LogP contribution in [0.25, 0.3) is 10.8 Å². The van der Waals surface area contributed by atoms with E-state index < -0.39 is 18.6 Å². The van der Waals surface area contributed by atoms with Crippen LogP contribution in [0.1, 0.15) is 30.5 Å². The Morgan fingerprint density at radius 1 is 1.11 bits per heavy atom. The molecule has 1 aliphatic heterocycles. The molecule has 2 heterocycles. The lowest BCUT2D eigenvalue weighted by molar-refractivity contribution is -0.138. The van der Waals surface area contributed by atoms with E-state index in [2.05, 4.69) is 4.90 Å². The summed E-state index contributed by atoms with van der Waals surface area (Å²) >= 11 is 6.01. The summed E-state index contributed by atoms with van der Waals surface area (Å²) in [7, 11) is 0. The fourth-order valence-corrected chi connectivity index (χ4v) is 4.61. The molecule has 1 fully saturated rings. The summed E-state index contributed by atoms with van der Waals surface area (Å²) in [6, 6.07) is 14.8. The highest BCUT2D eigenvalue weighted by Gasteiger charge is 2.29. The van der Waals surface area contributed by atoms with Crippen molar-refractivity contribution < 1.29 is 18.0 Å². The second-order valence-corrected chi connectivity index (χ2v) is 9.19. The molecule has 1 N–H and O–H groups in total. The van der Waals surface area contributed by atoms with E-state index in [-0.39, 0.29) is 18.0 Å². The monoisotopic (exact) mass is 506 g/mol. The van der Waals surface area contributed by atoms with E-state index >= 15 is 0 Å². The van der Waals surface area contributed by atoms with Crippen LogP contribution in [0.2, 0.25) is 5.02 Å². The molecule has 1 saturated heterocycles. The molecule has 4 rings (SSSR count). The summed E-state index contributed by atoms with van der Waals surface area (Å²) in [5.41, 5.74) is 1.61. The Morgan fingerprint density at radius 2 is 1.83 bits per heavy atom. The zero-order chi connectivity index (χ0) is 25.0. The van der Waals surface area contributed by atoms with Crippen LogP contribution in [0.3, 0.4) is 0 Å². The number of likely N-dealkylation sites (tertiary alicyclic amines) is 1. The van der Waals surface area contributed by atoms with Crippen molar-refractivity contribution in [1.82, 2.24) is 20.0 Å². The number of aromatic nitrogens is 2. The molecule has 1 amide bonds. The summed E-state index contributed by atoms with van der Waals surface area (Å²) < 4.78 is 38.5. The third kappa shape index (κ3) is 6.61. The number of amides is 1. The van der Waals surface area contributed by atoms with Gasteiger partial charge in [-0.05, 0) is 43.1 Å². The van der Waals surface area contributed by atoms with Crippen molar-refractivity contribution in [3.05, 3.63) is 75.2 Å². The first-order valence-corrected chi connectivity index (χ1v) is 11.9. The molecule has 3 aromatic rings. The number of fused-ring (bicyclic) bond motifs is 1. The van der Waals surface area contributed by atoms with Gasteiger partial charge in [-0.15, -0.1) is 0 Å². The number of halogens is 4. The number of rotatable bonds is 8. The van der Waals surface area contributed by atoms with E-state index in [1.54, 1.807) is 6.07 Å². The highest BCUT2D eigenvalue weighted by Crippen LogP contribution is 2.21. The van der Waals surface area contributed by atoms with Crippen molar-refractivity contribution in [3.63, 3.8) is 0 Å². The largest absolute Gasteiger partial charge is 0.405 e. The van der Waals surface area contributed by atoms with E-state index in [4.69, 9.17) is 16.7 Å². The van der Waals surface area contributed by atoms with Crippen molar-refractivity contribution >= 4 is 28.3 Å². The van der Waals surface area contributed by atoms with Gasteiger partial charge >= 0.3 is 6.18 Å². The molecule has 6 nitrogen and oxygen atoms in total. The molecule has 1 aromatic heterocycles. The maximum absolute atomic E-state index is 13.2. The first-order chi connectivity index (χ1) is 16.7. The number of alkyl halides is 3. The van der Waals surface area contributed by atoms with Gasteiger partial charge in [0.1, 0.15) is 6.54 Å². The van der Waals surface area contributed by atoms with E-state index in [0.717, 1.165) is 36.0 Å². The summed E-state index contributed by atoms with van der Waals surface area (Å²) in [6.07, 6.45) is -2.23. The third-order valence-corrected chi connectivity index (χ3v) is 6.48. The predicted molar refractivity (Wildman–Crippen MR) is 129 cm³/mol. The molecule has 0 saturated carbocycles. The Labute approximate surface area is 205 Å². The van der Waals surface area contributed by atoms with Gasteiger partial charge < -0.3 is 5.32 Å². The van der Waals surface area contributed by atoms with Crippen LogP contribution >= 0.6 is 11.6 Å². The second-order valence-electron chi connectivity index (χ2n) is 8.76.